The molecule has 0 saturated carbocycles. The number of aliphatic carboxylic acids is 1. The van der Waals surface area contributed by atoms with Crippen LogP contribution >= 0.6 is 0 Å². The molecule has 0 amide bonds. The van der Waals surface area contributed by atoms with Crippen LogP contribution in [0.15, 0.2) is 0 Å². The molecule has 0 aromatic heterocycles. The van der Waals surface area contributed by atoms with Gasteiger partial charge in [-0.25, -0.2) is 0 Å². The quantitative estimate of drug-likeness (QED) is 0.628. The molecule has 0 aliphatic carbocycles. The Hall–Kier alpha value is -0.700. The van der Waals surface area contributed by atoms with Gasteiger partial charge in [0, 0.05) is 19.6 Å². The Morgan fingerprint density at radius 2 is 2.16 bits per heavy atom. The second-order valence-corrected chi connectivity index (χ2v) is 7.25. The first kappa shape index (κ1) is 16.4. The van der Waals surface area contributed by atoms with Crippen LogP contribution in [0.1, 0.15) is 33.1 Å². The highest BCUT2D eigenvalue weighted by Crippen LogP contribution is 2.18. The molecular weight excluding hydrogens is 272 g/mol. The van der Waals surface area contributed by atoms with Gasteiger partial charge in [-0.15, -0.1) is 0 Å². The van der Waals surface area contributed by atoms with Gasteiger partial charge in [-0.2, -0.15) is 17.4 Å². The molecule has 0 aromatic carbocycles. The average Bonchev–Trinajstić information content (AvgIpc) is 2.25. The number of piperidine rings is 1. The smallest absolute Gasteiger partial charge is 0.306 e. The van der Waals surface area contributed by atoms with Crippen molar-refractivity contribution < 1.29 is 23.4 Å². The maximum atomic E-state index is 12.0. The Bertz CT molecular complexity index is 421. The highest BCUT2D eigenvalue weighted by Gasteiger charge is 2.31. The van der Waals surface area contributed by atoms with Gasteiger partial charge in [0.05, 0.1) is 12.0 Å². The predicted octanol–water partition coefficient (Wildman–Crippen LogP) is -0.222. The van der Waals surface area contributed by atoms with E-state index >= 15 is 0 Å². The molecule has 1 saturated heterocycles. The van der Waals surface area contributed by atoms with Crippen LogP contribution in [0.3, 0.4) is 0 Å². The van der Waals surface area contributed by atoms with Crippen LogP contribution in [-0.2, 0) is 15.0 Å². The third-order valence-electron chi connectivity index (χ3n) is 3.13. The van der Waals surface area contributed by atoms with Crippen LogP contribution in [-0.4, -0.2) is 54.1 Å². The third kappa shape index (κ3) is 5.43. The van der Waals surface area contributed by atoms with Crippen molar-refractivity contribution in [2.24, 2.45) is 5.92 Å². The van der Waals surface area contributed by atoms with Crippen LogP contribution in [0.25, 0.3) is 0 Å². The first-order chi connectivity index (χ1) is 8.62. The molecule has 112 valence electrons. The van der Waals surface area contributed by atoms with Crippen LogP contribution < -0.4 is 4.72 Å². The fourth-order valence-corrected chi connectivity index (χ4v) is 3.59. The van der Waals surface area contributed by atoms with Gasteiger partial charge in [0.1, 0.15) is 0 Å². The summed E-state index contributed by atoms with van der Waals surface area (Å²) < 4.78 is 27.7. The minimum Gasteiger partial charge on any atom is -0.481 e. The Morgan fingerprint density at radius 3 is 2.68 bits per heavy atom. The summed E-state index contributed by atoms with van der Waals surface area (Å²) in [7, 11) is -3.65. The molecule has 1 rings (SSSR count). The maximum absolute atomic E-state index is 12.0. The van der Waals surface area contributed by atoms with E-state index in [1.807, 2.05) is 6.92 Å². The van der Waals surface area contributed by atoms with E-state index in [-0.39, 0.29) is 6.54 Å². The summed E-state index contributed by atoms with van der Waals surface area (Å²) >= 11 is 0. The first-order valence-corrected chi connectivity index (χ1v) is 7.75. The molecule has 0 aromatic rings. The Kier molecular flexibility index (Phi) is 5.31. The minimum absolute atomic E-state index is 0.310. The largest absolute Gasteiger partial charge is 0.481 e. The average molecular weight is 294 g/mol. The van der Waals surface area contributed by atoms with E-state index in [1.165, 1.54) is 11.2 Å². The number of nitrogens with zero attached hydrogens (tertiary/aromatic N) is 1. The van der Waals surface area contributed by atoms with Crippen molar-refractivity contribution in [3.05, 3.63) is 0 Å². The molecule has 0 spiro atoms. The van der Waals surface area contributed by atoms with Crippen LogP contribution in [0, 0.1) is 5.92 Å². The number of hydrogen-bond donors (Lipinski definition) is 3. The molecule has 3 N–H and O–H groups in total. The fraction of sp³-hybridized carbons (Fsp3) is 0.909. The van der Waals surface area contributed by atoms with E-state index in [0.717, 1.165) is 12.8 Å². The van der Waals surface area contributed by atoms with Crippen molar-refractivity contribution in [2.75, 3.05) is 19.6 Å². The van der Waals surface area contributed by atoms with Gasteiger partial charge in [0.2, 0.25) is 0 Å². The van der Waals surface area contributed by atoms with Crippen LogP contribution in [0.2, 0.25) is 0 Å². The van der Waals surface area contributed by atoms with Gasteiger partial charge < -0.3 is 10.2 Å². The third-order valence-corrected chi connectivity index (χ3v) is 4.65. The van der Waals surface area contributed by atoms with Gasteiger partial charge in [0.25, 0.3) is 10.2 Å². The van der Waals surface area contributed by atoms with Crippen LogP contribution in [0.5, 0.6) is 0 Å². The van der Waals surface area contributed by atoms with E-state index in [0.29, 0.717) is 19.0 Å². The maximum Gasteiger partial charge on any atom is 0.306 e. The van der Waals surface area contributed by atoms with Crippen molar-refractivity contribution >= 4 is 16.2 Å². The zero-order chi connectivity index (χ0) is 14.7. The summed E-state index contributed by atoms with van der Waals surface area (Å²) in [4.78, 5) is 10.5. The molecular formula is C11H22N2O5S. The second kappa shape index (κ2) is 6.17. The van der Waals surface area contributed by atoms with Gasteiger partial charge in [0.15, 0.2) is 0 Å². The van der Waals surface area contributed by atoms with E-state index in [2.05, 4.69) is 4.72 Å². The lowest BCUT2D eigenvalue weighted by atomic mass is 10.0. The molecule has 1 aliphatic rings. The Labute approximate surface area is 113 Å². The van der Waals surface area contributed by atoms with Gasteiger partial charge in [-0.3, -0.25) is 4.79 Å². The van der Waals surface area contributed by atoms with E-state index in [4.69, 9.17) is 5.11 Å². The number of carboxylic acid groups (broad SMARTS) is 1. The second-order valence-electron chi connectivity index (χ2n) is 5.50. The Morgan fingerprint density at radius 1 is 1.53 bits per heavy atom. The minimum atomic E-state index is -3.65. The van der Waals surface area contributed by atoms with Gasteiger partial charge in [-0.1, -0.05) is 6.92 Å². The molecule has 7 nitrogen and oxygen atoms in total. The molecule has 2 atom stereocenters. The first-order valence-electron chi connectivity index (χ1n) is 6.31. The van der Waals surface area contributed by atoms with Crippen molar-refractivity contribution in [1.29, 1.82) is 0 Å². The molecule has 1 aliphatic heterocycles. The highest BCUT2D eigenvalue weighted by molar-refractivity contribution is 7.87. The Balaban J connectivity index is 2.57. The van der Waals surface area contributed by atoms with E-state index in [1.54, 1.807) is 0 Å². The molecule has 8 heteroatoms. The van der Waals surface area contributed by atoms with Gasteiger partial charge >= 0.3 is 5.97 Å². The normalized spacial score (nSPS) is 24.9. The lowest BCUT2D eigenvalue weighted by Crippen LogP contribution is -2.50. The van der Waals surface area contributed by atoms with Gasteiger partial charge in [-0.05, 0) is 25.7 Å². The number of carboxylic acids is 1. The van der Waals surface area contributed by atoms with Crippen molar-refractivity contribution in [2.45, 2.75) is 38.7 Å². The molecule has 0 bridgehead atoms. The van der Waals surface area contributed by atoms with Crippen molar-refractivity contribution in [3.8, 4) is 0 Å². The highest BCUT2D eigenvalue weighted by atomic mass is 32.2. The summed E-state index contributed by atoms with van der Waals surface area (Å²) in [6.45, 7) is 3.88. The number of hydrogen-bond acceptors (Lipinski definition) is 4. The van der Waals surface area contributed by atoms with E-state index < -0.39 is 28.2 Å². The predicted molar refractivity (Wildman–Crippen MR) is 69.8 cm³/mol. The summed E-state index contributed by atoms with van der Waals surface area (Å²) in [5, 5.41) is 18.4. The molecule has 1 fully saturated rings. The summed E-state index contributed by atoms with van der Waals surface area (Å²) in [6.07, 6.45) is 1.31. The lowest BCUT2D eigenvalue weighted by Gasteiger charge is -2.31. The van der Waals surface area contributed by atoms with E-state index in [9.17, 15) is 18.3 Å². The summed E-state index contributed by atoms with van der Waals surface area (Å²) in [5.74, 6) is -0.861. The van der Waals surface area contributed by atoms with Crippen molar-refractivity contribution in [3.63, 3.8) is 0 Å². The molecule has 1 heterocycles. The standard InChI is InChI=1S/C11H22N2O5S/c1-9-4-3-5-13(7-9)19(17,18)12-8-11(2,16)6-10(14)15/h9,12,16H,3-8H2,1-2H3,(H,14,15). The molecule has 2 unspecified atom stereocenters. The monoisotopic (exact) mass is 294 g/mol. The summed E-state index contributed by atoms with van der Waals surface area (Å²) in [6, 6.07) is 0. The zero-order valence-electron chi connectivity index (χ0n) is 11.3. The lowest BCUT2D eigenvalue weighted by molar-refractivity contribution is -0.141. The number of nitrogens with one attached hydrogen (secondary N) is 1. The van der Waals surface area contributed by atoms with Crippen molar-refractivity contribution in [1.82, 2.24) is 9.03 Å². The SMILES string of the molecule is CC1CCCN(S(=O)(=O)NCC(C)(O)CC(=O)O)C1. The summed E-state index contributed by atoms with van der Waals surface area (Å²) in [5.41, 5.74) is -1.60. The number of aliphatic hydroxyl groups is 1. The topological polar surface area (TPSA) is 107 Å². The fourth-order valence-electron chi connectivity index (χ4n) is 2.09. The number of rotatable bonds is 6. The molecule has 0 radical (unpaired) electrons. The van der Waals surface area contributed by atoms with Crippen LogP contribution in [0.4, 0.5) is 0 Å². The zero-order valence-corrected chi connectivity index (χ0v) is 12.1. The molecule has 19 heavy (non-hydrogen) atoms. The number of carbonyl (C=O) groups is 1.